The molecule has 1 N–H and O–H groups in total. The zero-order valence-corrected chi connectivity index (χ0v) is 13.8. The average molecular weight is 301 g/mol. The first-order valence-corrected chi connectivity index (χ1v) is 8.35. The molecule has 1 aliphatic heterocycles. The molecule has 3 nitrogen and oxygen atoms in total. The van der Waals surface area contributed by atoms with Gasteiger partial charge < -0.3 is 10.2 Å². The zero-order valence-electron chi connectivity index (χ0n) is 13.0. The van der Waals surface area contributed by atoms with Gasteiger partial charge in [-0.05, 0) is 17.0 Å². The van der Waals surface area contributed by atoms with Crippen molar-refractivity contribution < 1.29 is 0 Å². The van der Waals surface area contributed by atoms with E-state index in [1.54, 1.807) is 11.3 Å². The van der Waals surface area contributed by atoms with Gasteiger partial charge in [0.15, 0.2) is 0 Å². The zero-order chi connectivity index (χ0) is 14.9. The quantitative estimate of drug-likeness (QED) is 0.917. The number of hydrogen-bond donors (Lipinski definition) is 1. The SMILES string of the molecule is CC(C)(C)C1CN(Cc2cncs2)c2ccccc2CN1. The maximum Gasteiger partial charge on any atom is 0.0794 e. The molecule has 3 rings (SSSR count). The first kappa shape index (κ1) is 14.5. The normalized spacial score (nSPS) is 19.2. The number of nitrogens with zero attached hydrogens (tertiary/aromatic N) is 2. The van der Waals surface area contributed by atoms with Gasteiger partial charge in [-0.15, -0.1) is 11.3 Å². The fourth-order valence-electron chi connectivity index (χ4n) is 2.82. The number of anilines is 1. The first-order chi connectivity index (χ1) is 10.0. The molecule has 1 aromatic carbocycles. The molecular weight excluding hydrogens is 278 g/mol. The van der Waals surface area contributed by atoms with Gasteiger partial charge >= 0.3 is 0 Å². The lowest BCUT2D eigenvalue weighted by Gasteiger charge is -2.34. The second-order valence-electron chi connectivity index (χ2n) is 6.78. The predicted molar refractivity (Wildman–Crippen MR) is 89.7 cm³/mol. The van der Waals surface area contributed by atoms with Crippen LogP contribution in [-0.2, 0) is 13.1 Å². The molecule has 0 saturated heterocycles. The Hall–Kier alpha value is -1.39. The van der Waals surface area contributed by atoms with Gasteiger partial charge in [0.2, 0.25) is 0 Å². The average Bonchev–Trinajstić information content (AvgIpc) is 2.86. The van der Waals surface area contributed by atoms with Crippen molar-refractivity contribution in [2.45, 2.75) is 39.9 Å². The van der Waals surface area contributed by atoms with Crippen LogP contribution in [0.15, 0.2) is 36.0 Å². The van der Waals surface area contributed by atoms with Crippen molar-refractivity contribution in [1.29, 1.82) is 0 Å². The molecule has 21 heavy (non-hydrogen) atoms. The number of nitrogens with one attached hydrogen (secondary N) is 1. The van der Waals surface area contributed by atoms with Gasteiger partial charge in [0.1, 0.15) is 0 Å². The highest BCUT2D eigenvalue weighted by molar-refractivity contribution is 7.09. The van der Waals surface area contributed by atoms with E-state index < -0.39 is 0 Å². The smallest absolute Gasteiger partial charge is 0.0794 e. The summed E-state index contributed by atoms with van der Waals surface area (Å²) in [5.74, 6) is 0. The summed E-state index contributed by atoms with van der Waals surface area (Å²) in [5, 5.41) is 3.73. The van der Waals surface area contributed by atoms with Gasteiger partial charge in [-0.25, -0.2) is 0 Å². The van der Waals surface area contributed by atoms with Crippen LogP contribution in [0, 0.1) is 5.41 Å². The molecule has 4 heteroatoms. The fraction of sp³-hybridized carbons (Fsp3) is 0.471. The highest BCUT2D eigenvalue weighted by Gasteiger charge is 2.29. The summed E-state index contributed by atoms with van der Waals surface area (Å²) >= 11 is 1.73. The van der Waals surface area contributed by atoms with Gasteiger partial charge in [-0.1, -0.05) is 39.0 Å². The van der Waals surface area contributed by atoms with Crippen molar-refractivity contribution in [2.75, 3.05) is 11.4 Å². The van der Waals surface area contributed by atoms with Crippen molar-refractivity contribution in [1.82, 2.24) is 10.3 Å². The summed E-state index contributed by atoms with van der Waals surface area (Å²) in [4.78, 5) is 8.03. The van der Waals surface area contributed by atoms with Gasteiger partial charge in [-0.2, -0.15) is 0 Å². The number of rotatable bonds is 2. The van der Waals surface area contributed by atoms with E-state index >= 15 is 0 Å². The van der Waals surface area contributed by atoms with E-state index in [1.165, 1.54) is 16.1 Å². The van der Waals surface area contributed by atoms with E-state index in [9.17, 15) is 0 Å². The van der Waals surface area contributed by atoms with Crippen LogP contribution < -0.4 is 10.2 Å². The van der Waals surface area contributed by atoms with Crippen LogP contribution in [0.4, 0.5) is 5.69 Å². The molecule has 2 aromatic rings. The van der Waals surface area contributed by atoms with Crippen molar-refractivity contribution in [3.63, 3.8) is 0 Å². The van der Waals surface area contributed by atoms with E-state index in [1.807, 2.05) is 11.7 Å². The summed E-state index contributed by atoms with van der Waals surface area (Å²) < 4.78 is 0. The molecule has 0 spiro atoms. The third kappa shape index (κ3) is 3.27. The molecule has 1 aliphatic rings. The molecule has 1 unspecified atom stereocenters. The molecule has 0 saturated carbocycles. The summed E-state index contributed by atoms with van der Waals surface area (Å²) in [7, 11) is 0. The van der Waals surface area contributed by atoms with Crippen molar-refractivity contribution in [3.05, 3.63) is 46.4 Å². The summed E-state index contributed by atoms with van der Waals surface area (Å²) in [5.41, 5.74) is 4.89. The number of thiazole rings is 1. The standard InChI is InChI=1S/C17H23N3S/c1-17(2,3)16-11-20(10-14-9-18-12-21-14)15-7-5-4-6-13(15)8-19-16/h4-7,9,12,16,19H,8,10-11H2,1-3H3. The second-order valence-corrected chi connectivity index (χ2v) is 7.75. The number of benzene rings is 1. The van der Waals surface area contributed by atoms with Crippen LogP contribution in [0.5, 0.6) is 0 Å². The molecule has 0 amide bonds. The monoisotopic (exact) mass is 301 g/mol. The van der Waals surface area contributed by atoms with E-state index in [0.717, 1.165) is 19.6 Å². The van der Waals surface area contributed by atoms with Crippen LogP contribution in [0.3, 0.4) is 0 Å². The Bertz CT molecular complexity index is 586. The van der Waals surface area contributed by atoms with E-state index in [2.05, 4.69) is 60.2 Å². The van der Waals surface area contributed by atoms with Crippen LogP contribution in [-0.4, -0.2) is 17.6 Å². The lowest BCUT2D eigenvalue weighted by Crippen LogP contribution is -2.46. The Kier molecular flexibility index (Phi) is 4.00. The maximum absolute atomic E-state index is 4.21. The Labute approximate surface area is 131 Å². The second kappa shape index (κ2) is 5.78. The highest BCUT2D eigenvalue weighted by atomic mass is 32.1. The number of aromatic nitrogens is 1. The molecule has 0 aliphatic carbocycles. The van der Waals surface area contributed by atoms with Crippen LogP contribution in [0.1, 0.15) is 31.2 Å². The lowest BCUT2D eigenvalue weighted by molar-refractivity contribution is 0.272. The topological polar surface area (TPSA) is 28.2 Å². The van der Waals surface area contributed by atoms with E-state index in [-0.39, 0.29) is 5.41 Å². The minimum atomic E-state index is 0.244. The largest absolute Gasteiger partial charge is 0.364 e. The third-order valence-electron chi connectivity index (χ3n) is 4.15. The molecule has 0 bridgehead atoms. The number of para-hydroxylation sites is 1. The first-order valence-electron chi connectivity index (χ1n) is 7.47. The van der Waals surface area contributed by atoms with Crippen LogP contribution in [0.25, 0.3) is 0 Å². The molecule has 2 heterocycles. The lowest BCUT2D eigenvalue weighted by atomic mass is 9.86. The Morgan fingerprint density at radius 3 is 2.86 bits per heavy atom. The summed E-state index contributed by atoms with van der Waals surface area (Å²) in [6.07, 6.45) is 1.98. The molecular formula is C17H23N3S. The van der Waals surface area contributed by atoms with Gasteiger partial charge in [0, 0.05) is 35.9 Å². The van der Waals surface area contributed by atoms with E-state index in [0.29, 0.717) is 6.04 Å². The summed E-state index contributed by atoms with van der Waals surface area (Å²) in [6, 6.07) is 9.20. The molecule has 0 radical (unpaired) electrons. The van der Waals surface area contributed by atoms with Crippen LogP contribution >= 0.6 is 11.3 Å². The van der Waals surface area contributed by atoms with Crippen LogP contribution in [0.2, 0.25) is 0 Å². The molecule has 1 atom stereocenters. The number of hydrogen-bond acceptors (Lipinski definition) is 4. The molecule has 0 fully saturated rings. The Balaban J connectivity index is 1.92. The Morgan fingerprint density at radius 1 is 1.33 bits per heavy atom. The molecule has 1 aromatic heterocycles. The van der Waals surface area contributed by atoms with E-state index in [4.69, 9.17) is 0 Å². The van der Waals surface area contributed by atoms with Crippen molar-refractivity contribution in [3.8, 4) is 0 Å². The van der Waals surface area contributed by atoms with Crippen molar-refractivity contribution in [2.24, 2.45) is 5.41 Å². The van der Waals surface area contributed by atoms with Gasteiger partial charge in [-0.3, -0.25) is 4.98 Å². The van der Waals surface area contributed by atoms with Gasteiger partial charge in [0.05, 0.1) is 12.1 Å². The highest BCUT2D eigenvalue weighted by Crippen LogP contribution is 2.30. The minimum absolute atomic E-state index is 0.244. The predicted octanol–water partition coefficient (Wildman–Crippen LogP) is 3.67. The fourth-order valence-corrected chi connectivity index (χ4v) is 3.43. The third-order valence-corrected chi connectivity index (χ3v) is 4.91. The number of fused-ring (bicyclic) bond motifs is 1. The van der Waals surface area contributed by atoms with Crippen molar-refractivity contribution >= 4 is 17.0 Å². The maximum atomic E-state index is 4.21. The Morgan fingerprint density at radius 2 is 2.14 bits per heavy atom. The minimum Gasteiger partial charge on any atom is -0.364 e. The molecule has 112 valence electrons. The summed E-state index contributed by atoms with van der Waals surface area (Å²) in [6.45, 7) is 9.84. The van der Waals surface area contributed by atoms with Gasteiger partial charge in [0.25, 0.3) is 0 Å².